The van der Waals surface area contributed by atoms with Gasteiger partial charge in [0, 0.05) is 0 Å². The zero-order chi connectivity index (χ0) is 15.3. The van der Waals surface area contributed by atoms with Gasteiger partial charge in [0.2, 0.25) is 0 Å². The summed E-state index contributed by atoms with van der Waals surface area (Å²) < 4.78 is 5.07. The fourth-order valence-corrected chi connectivity index (χ4v) is 2.60. The minimum atomic E-state index is -1.46. The number of carbonyl (C=O) groups is 2. The molecule has 21 heavy (non-hydrogen) atoms. The van der Waals surface area contributed by atoms with Crippen LogP contribution < -0.4 is 0 Å². The first-order valence-corrected chi connectivity index (χ1v) is 7.53. The number of ether oxygens (including phenoxy) is 1. The van der Waals surface area contributed by atoms with Crippen LogP contribution in [-0.4, -0.2) is 23.7 Å². The molecule has 1 aromatic carbocycles. The maximum absolute atomic E-state index is 12.3. The largest absolute Gasteiger partial charge is 0.480 e. The van der Waals surface area contributed by atoms with E-state index in [2.05, 4.69) is 0 Å². The third kappa shape index (κ3) is 3.84. The molecule has 1 fully saturated rings. The van der Waals surface area contributed by atoms with Gasteiger partial charge in [-0.15, -0.1) is 0 Å². The Kier molecular flexibility index (Phi) is 4.99. The Morgan fingerprint density at radius 1 is 1.29 bits per heavy atom. The summed E-state index contributed by atoms with van der Waals surface area (Å²) in [5.41, 5.74) is -0.608. The van der Waals surface area contributed by atoms with Crippen LogP contribution in [0.4, 0.5) is 0 Å². The van der Waals surface area contributed by atoms with E-state index in [0.717, 1.165) is 24.8 Å². The van der Waals surface area contributed by atoms with Gasteiger partial charge in [0.05, 0.1) is 6.61 Å². The van der Waals surface area contributed by atoms with Crippen molar-refractivity contribution in [1.29, 1.82) is 0 Å². The van der Waals surface area contributed by atoms with E-state index >= 15 is 0 Å². The molecule has 114 valence electrons. The van der Waals surface area contributed by atoms with Crippen molar-refractivity contribution in [3.63, 3.8) is 0 Å². The van der Waals surface area contributed by atoms with Crippen LogP contribution in [0.1, 0.15) is 38.2 Å². The Labute approximate surface area is 125 Å². The summed E-state index contributed by atoms with van der Waals surface area (Å²) in [5.74, 6) is -1.11. The fourth-order valence-electron chi connectivity index (χ4n) is 2.60. The van der Waals surface area contributed by atoms with Gasteiger partial charge in [-0.1, -0.05) is 43.2 Å². The van der Waals surface area contributed by atoms with Crippen molar-refractivity contribution in [1.82, 2.24) is 0 Å². The maximum Gasteiger partial charge on any atom is 0.323 e. The highest BCUT2D eigenvalue weighted by Gasteiger charge is 2.48. The van der Waals surface area contributed by atoms with Crippen LogP contribution in [0.5, 0.6) is 0 Å². The molecule has 1 aromatic rings. The Morgan fingerprint density at radius 3 is 2.48 bits per heavy atom. The molecule has 0 radical (unpaired) electrons. The number of hydrogen-bond donors (Lipinski definition) is 1. The lowest BCUT2D eigenvalue weighted by atomic mass is 9.77. The quantitative estimate of drug-likeness (QED) is 0.590. The predicted octanol–water partition coefficient (Wildman–Crippen LogP) is 3.05. The molecule has 0 saturated heterocycles. The van der Waals surface area contributed by atoms with Crippen molar-refractivity contribution < 1.29 is 19.4 Å². The summed E-state index contributed by atoms with van der Waals surface area (Å²) in [6, 6.07) is 9.30. The maximum atomic E-state index is 12.3. The molecule has 4 nitrogen and oxygen atoms in total. The lowest BCUT2D eigenvalue weighted by Crippen LogP contribution is -2.43. The van der Waals surface area contributed by atoms with Crippen molar-refractivity contribution in [2.75, 3.05) is 6.61 Å². The molecule has 0 bridgehead atoms. The molecule has 1 unspecified atom stereocenters. The molecule has 0 spiro atoms. The first-order valence-electron chi connectivity index (χ1n) is 7.53. The standard InChI is InChI=1S/C17H22O4/c1-2-21-16(20)17(15(18)19,11-10-13-8-9-13)12-14-6-4-3-5-7-14/h3-7,13H,2,8-12H2,1H3,(H,18,19). The van der Waals surface area contributed by atoms with Crippen LogP contribution in [0.25, 0.3) is 0 Å². The molecule has 1 aliphatic rings. The van der Waals surface area contributed by atoms with E-state index < -0.39 is 17.4 Å². The van der Waals surface area contributed by atoms with Gasteiger partial charge >= 0.3 is 11.9 Å². The molecule has 0 aliphatic heterocycles. The van der Waals surface area contributed by atoms with E-state index in [1.54, 1.807) is 6.92 Å². The highest BCUT2D eigenvalue weighted by molar-refractivity contribution is 5.99. The number of aliphatic carboxylic acids is 1. The Balaban J connectivity index is 2.23. The van der Waals surface area contributed by atoms with E-state index in [0.29, 0.717) is 12.3 Å². The second kappa shape index (κ2) is 6.74. The normalized spacial score (nSPS) is 17.0. The number of rotatable bonds is 8. The van der Waals surface area contributed by atoms with E-state index in [1.165, 1.54) is 0 Å². The van der Waals surface area contributed by atoms with Crippen molar-refractivity contribution in [3.05, 3.63) is 35.9 Å². The van der Waals surface area contributed by atoms with Crippen LogP contribution in [-0.2, 0) is 20.7 Å². The van der Waals surface area contributed by atoms with Crippen molar-refractivity contribution in [2.45, 2.75) is 39.0 Å². The summed E-state index contributed by atoms with van der Waals surface area (Å²) in [6.45, 7) is 1.90. The van der Waals surface area contributed by atoms with E-state index in [1.807, 2.05) is 30.3 Å². The second-order valence-electron chi connectivity index (χ2n) is 5.75. The highest BCUT2D eigenvalue weighted by Crippen LogP contribution is 2.40. The molecule has 0 amide bonds. The van der Waals surface area contributed by atoms with Crippen molar-refractivity contribution in [3.8, 4) is 0 Å². The van der Waals surface area contributed by atoms with Gasteiger partial charge in [0.15, 0.2) is 5.41 Å². The third-order valence-electron chi connectivity index (χ3n) is 4.10. The lowest BCUT2D eigenvalue weighted by Gasteiger charge is -2.27. The minimum Gasteiger partial charge on any atom is -0.480 e. The fraction of sp³-hybridized carbons (Fsp3) is 0.529. The number of carboxylic acids is 1. The SMILES string of the molecule is CCOC(=O)C(CCC1CC1)(Cc1ccccc1)C(=O)O. The molecule has 1 N–H and O–H groups in total. The Hall–Kier alpha value is -1.84. The molecular weight excluding hydrogens is 268 g/mol. The van der Waals surface area contributed by atoms with Crippen LogP contribution in [0.2, 0.25) is 0 Å². The van der Waals surface area contributed by atoms with Gasteiger partial charge in [0.1, 0.15) is 0 Å². The van der Waals surface area contributed by atoms with E-state index in [-0.39, 0.29) is 13.0 Å². The Morgan fingerprint density at radius 2 is 1.95 bits per heavy atom. The average molecular weight is 290 g/mol. The van der Waals surface area contributed by atoms with Gasteiger partial charge in [-0.05, 0) is 37.7 Å². The molecule has 2 rings (SSSR count). The topological polar surface area (TPSA) is 63.6 Å². The van der Waals surface area contributed by atoms with Crippen LogP contribution in [0.3, 0.4) is 0 Å². The van der Waals surface area contributed by atoms with Gasteiger partial charge in [-0.25, -0.2) is 0 Å². The van der Waals surface area contributed by atoms with Crippen LogP contribution in [0.15, 0.2) is 30.3 Å². The minimum absolute atomic E-state index is 0.189. The monoisotopic (exact) mass is 290 g/mol. The smallest absolute Gasteiger partial charge is 0.323 e. The van der Waals surface area contributed by atoms with Crippen molar-refractivity contribution in [2.24, 2.45) is 11.3 Å². The highest BCUT2D eigenvalue weighted by atomic mass is 16.5. The van der Waals surface area contributed by atoms with Gasteiger partial charge in [-0.3, -0.25) is 9.59 Å². The average Bonchev–Trinajstić information content (AvgIpc) is 3.28. The van der Waals surface area contributed by atoms with Crippen molar-refractivity contribution >= 4 is 11.9 Å². The van der Waals surface area contributed by atoms with Crippen LogP contribution >= 0.6 is 0 Å². The molecule has 1 aliphatic carbocycles. The summed E-state index contributed by atoms with van der Waals surface area (Å²) >= 11 is 0. The third-order valence-corrected chi connectivity index (χ3v) is 4.10. The van der Waals surface area contributed by atoms with Gasteiger partial charge in [-0.2, -0.15) is 0 Å². The summed E-state index contributed by atoms with van der Waals surface area (Å²) in [6.07, 6.45) is 3.60. The second-order valence-corrected chi connectivity index (χ2v) is 5.75. The first kappa shape index (κ1) is 15.5. The number of carbonyl (C=O) groups excluding carboxylic acids is 1. The van der Waals surface area contributed by atoms with E-state index in [4.69, 9.17) is 4.74 Å². The zero-order valence-electron chi connectivity index (χ0n) is 12.4. The number of carboxylic acid groups (broad SMARTS) is 1. The summed E-state index contributed by atoms with van der Waals surface area (Å²) in [4.78, 5) is 24.2. The molecule has 0 aromatic heterocycles. The van der Waals surface area contributed by atoms with Gasteiger partial charge < -0.3 is 9.84 Å². The number of benzene rings is 1. The predicted molar refractivity (Wildman–Crippen MR) is 78.8 cm³/mol. The molecular formula is C17H22O4. The Bertz CT molecular complexity index is 493. The molecule has 1 atom stereocenters. The first-order chi connectivity index (χ1) is 10.1. The molecule has 1 saturated carbocycles. The summed E-state index contributed by atoms with van der Waals surface area (Å²) in [5, 5.41) is 9.71. The van der Waals surface area contributed by atoms with Gasteiger partial charge in [0.25, 0.3) is 0 Å². The van der Waals surface area contributed by atoms with E-state index in [9.17, 15) is 14.7 Å². The number of hydrogen-bond acceptors (Lipinski definition) is 3. The molecule has 0 heterocycles. The summed E-state index contributed by atoms with van der Waals surface area (Å²) in [7, 11) is 0. The molecule has 4 heteroatoms. The van der Waals surface area contributed by atoms with Crippen LogP contribution in [0, 0.1) is 11.3 Å². The number of esters is 1. The zero-order valence-corrected chi connectivity index (χ0v) is 12.4. The lowest BCUT2D eigenvalue weighted by molar-refractivity contribution is -0.169.